The molecule has 0 spiro atoms. The van der Waals surface area contributed by atoms with E-state index in [0.717, 1.165) is 19.4 Å². The van der Waals surface area contributed by atoms with Crippen LogP contribution in [0.1, 0.15) is 23.8 Å². The summed E-state index contributed by atoms with van der Waals surface area (Å²) in [4.78, 5) is 15.6. The molecule has 1 N–H and O–H groups in total. The van der Waals surface area contributed by atoms with Crippen LogP contribution in [0.4, 0.5) is 10.5 Å². The number of anilines is 1. The van der Waals surface area contributed by atoms with Gasteiger partial charge >= 0.3 is 6.03 Å². The Balaban J connectivity index is 1.75. The first-order chi connectivity index (χ1) is 9.75. The van der Waals surface area contributed by atoms with Crippen LogP contribution in [0.25, 0.3) is 0 Å². The second kappa shape index (κ2) is 5.85. The zero-order valence-corrected chi connectivity index (χ0v) is 12.5. The summed E-state index contributed by atoms with van der Waals surface area (Å²) in [6, 6.07) is 11.5. The lowest BCUT2D eigenvalue weighted by atomic mass is 10.2. The number of halogens is 1. The number of thiophene rings is 1. The lowest BCUT2D eigenvalue weighted by Gasteiger charge is -2.24. The van der Waals surface area contributed by atoms with Gasteiger partial charge in [-0.05, 0) is 36.4 Å². The minimum absolute atomic E-state index is 0.0750. The fourth-order valence-electron chi connectivity index (χ4n) is 2.54. The summed E-state index contributed by atoms with van der Waals surface area (Å²) in [6.07, 6.45) is 2.06. The van der Waals surface area contributed by atoms with E-state index in [1.54, 1.807) is 17.4 Å². The zero-order chi connectivity index (χ0) is 13.9. The number of hydrogen-bond donors (Lipinski definition) is 1. The predicted molar refractivity (Wildman–Crippen MR) is 83.5 cm³/mol. The van der Waals surface area contributed by atoms with Gasteiger partial charge in [-0.25, -0.2) is 4.79 Å². The molecule has 0 aliphatic carbocycles. The molecule has 1 fully saturated rings. The van der Waals surface area contributed by atoms with Crippen LogP contribution in [-0.2, 0) is 0 Å². The van der Waals surface area contributed by atoms with Gasteiger partial charge in [-0.3, -0.25) is 0 Å². The quantitative estimate of drug-likeness (QED) is 0.851. The number of amides is 2. The maximum atomic E-state index is 12.4. The van der Waals surface area contributed by atoms with E-state index in [0.29, 0.717) is 10.7 Å². The van der Waals surface area contributed by atoms with Gasteiger partial charge in [-0.2, -0.15) is 0 Å². The number of nitrogens with one attached hydrogen (secondary N) is 1. The summed E-state index contributed by atoms with van der Waals surface area (Å²) in [5, 5.41) is 5.52. The highest BCUT2D eigenvalue weighted by atomic mass is 35.5. The highest BCUT2D eigenvalue weighted by Gasteiger charge is 2.30. The number of hydrogen-bond acceptors (Lipinski definition) is 2. The topological polar surface area (TPSA) is 32.3 Å². The average Bonchev–Trinajstić information content (AvgIpc) is 3.11. The molecule has 1 aromatic heterocycles. The second-order valence-electron chi connectivity index (χ2n) is 4.78. The van der Waals surface area contributed by atoms with Crippen LogP contribution in [-0.4, -0.2) is 17.5 Å². The van der Waals surface area contributed by atoms with Crippen LogP contribution in [0.2, 0.25) is 5.02 Å². The summed E-state index contributed by atoms with van der Waals surface area (Å²) in [5.74, 6) is 0. The molecule has 0 radical (unpaired) electrons. The first-order valence-corrected chi connectivity index (χ1v) is 7.87. The molecule has 2 aromatic rings. The largest absolute Gasteiger partial charge is 0.322 e. The minimum Gasteiger partial charge on any atom is -0.317 e. The van der Waals surface area contributed by atoms with Crippen LogP contribution >= 0.6 is 22.9 Å². The number of benzene rings is 1. The highest BCUT2D eigenvalue weighted by molar-refractivity contribution is 7.10. The van der Waals surface area contributed by atoms with E-state index in [2.05, 4.69) is 16.8 Å². The van der Waals surface area contributed by atoms with Crippen LogP contribution in [0.3, 0.4) is 0 Å². The van der Waals surface area contributed by atoms with Gasteiger partial charge in [0.05, 0.1) is 16.8 Å². The van der Waals surface area contributed by atoms with Gasteiger partial charge in [0.25, 0.3) is 0 Å². The molecular formula is C15H15ClN2OS. The fraction of sp³-hybridized carbons (Fsp3) is 0.267. The van der Waals surface area contributed by atoms with Crippen molar-refractivity contribution in [1.29, 1.82) is 0 Å². The van der Waals surface area contributed by atoms with E-state index < -0.39 is 0 Å². The van der Waals surface area contributed by atoms with Crippen LogP contribution in [0.15, 0.2) is 41.8 Å². The van der Waals surface area contributed by atoms with Crippen LogP contribution in [0, 0.1) is 0 Å². The SMILES string of the molecule is O=C(Nc1ccccc1Cl)N1CCC[C@H]1c1cccs1. The number of carbonyl (C=O) groups excluding carboxylic acids is 1. The maximum Gasteiger partial charge on any atom is 0.322 e. The molecule has 1 aliphatic heterocycles. The predicted octanol–water partition coefficient (Wildman–Crippen LogP) is 4.77. The standard InChI is InChI=1S/C15H15ClN2OS/c16-11-5-1-2-6-12(11)17-15(19)18-9-3-7-13(18)14-8-4-10-20-14/h1-2,4-6,8,10,13H,3,7,9H2,(H,17,19)/t13-/m0/s1. The van der Waals surface area contributed by atoms with E-state index in [1.165, 1.54) is 4.88 Å². The maximum absolute atomic E-state index is 12.4. The third-order valence-corrected chi connectivity index (χ3v) is 4.80. The summed E-state index contributed by atoms with van der Waals surface area (Å²) in [5.41, 5.74) is 0.663. The molecule has 104 valence electrons. The van der Waals surface area contributed by atoms with Crippen LogP contribution < -0.4 is 5.32 Å². The van der Waals surface area contributed by atoms with Crippen molar-refractivity contribution in [3.8, 4) is 0 Å². The van der Waals surface area contributed by atoms with Crippen molar-refractivity contribution < 1.29 is 4.79 Å². The number of rotatable bonds is 2. The van der Waals surface area contributed by atoms with Crippen molar-refractivity contribution >= 4 is 34.7 Å². The number of urea groups is 1. The van der Waals surface area contributed by atoms with Gasteiger partial charge in [0, 0.05) is 11.4 Å². The second-order valence-corrected chi connectivity index (χ2v) is 6.16. The summed E-state index contributed by atoms with van der Waals surface area (Å²) in [6.45, 7) is 0.791. The number of nitrogens with zero attached hydrogens (tertiary/aromatic N) is 1. The Labute approximate surface area is 127 Å². The molecule has 5 heteroatoms. The number of para-hydroxylation sites is 1. The van der Waals surface area contributed by atoms with Crippen molar-refractivity contribution in [3.63, 3.8) is 0 Å². The normalized spacial score (nSPS) is 18.2. The Kier molecular flexibility index (Phi) is 3.94. The third-order valence-electron chi connectivity index (χ3n) is 3.50. The smallest absolute Gasteiger partial charge is 0.317 e. The van der Waals surface area contributed by atoms with Gasteiger partial charge in [0.15, 0.2) is 0 Å². The van der Waals surface area contributed by atoms with Gasteiger partial charge in [0.1, 0.15) is 0 Å². The zero-order valence-electron chi connectivity index (χ0n) is 10.9. The van der Waals surface area contributed by atoms with E-state index in [1.807, 2.05) is 29.2 Å². The molecular weight excluding hydrogens is 292 g/mol. The van der Waals surface area contributed by atoms with E-state index in [9.17, 15) is 4.79 Å². The molecule has 20 heavy (non-hydrogen) atoms. The third kappa shape index (κ3) is 2.67. The van der Waals surface area contributed by atoms with Gasteiger partial charge < -0.3 is 10.2 Å². The van der Waals surface area contributed by atoms with Crippen molar-refractivity contribution in [2.75, 3.05) is 11.9 Å². The van der Waals surface area contributed by atoms with E-state index in [-0.39, 0.29) is 12.1 Å². The molecule has 3 nitrogen and oxygen atoms in total. The van der Waals surface area contributed by atoms with Crippen molar-refractivity contribution in [2.45, 2.75) is 18.9 Å². The van der Waals surface area contributed by atoms with Crippen LogP contribution in [0.5, 0.6) is 0 Å². The molecule has 3 rings (SSSR count). The highest BCUT2D eigenvalue weighted by Crippen LogP contribution is 2.35. The molecule has 0 saturated carbocycles. The first-order valence-electron chi connectivity index (χ1n) is 6.61. The summed E-state index contributed by atoms with van der Waals surface area (Å²) >= 11 is 7.78. The van der Waals surface area contributed by atoms with Gasteiger partial charge in [-0.1, -0.05) is 29.8 Å². The summed E-state index contributed by atoms with van der Waals surface area (Å²) in [7, 11) is 0. The summed E-state index contributed by atoms with van der Waals surface area (Å²) < 4.78 is 0. The van der Waals surface area contributed by atoms with Crippen molar-refractivity contribution in [2.24, 2.45) is 0 Å². The van der Waals surface area contributed by atoms with Crippen molar-refractivity contribution in [1.82, 2.24) is 4.90 Å². The molecule has 1 saturated heterocycles. The molecule has 2 heterocycles. The Morgan fingerprint density at radius 2 is 2.15 bits per heavy atom. The fourth-order valence-corrected chi connectivity index (χ4v) is 3.59. The number of carbonyl (C=O) groups is 1. The van der Waals surface area contributed by atoms with E-state index >= 15 is 0 Å². The number of likely N-dealkylation sites (tertiary alicyclic amines) is 1. The molecule has 2 amide bonds. The first kappa shape index (κ1) is 13.5. The molecule has 1 atom stereocenters. The van der Waals surface area contributed by atoms with Crippen molar-refractivity contribution in [3.05, 3.63) is 51.7 Å². The lowest BCUT2D eigenvalue weighted by molar-refractivity contribution is 0.208. The molecule has 0 bridgehead atoms. The van der Waals surface area contributed by atoms with E-state index in [4.69, 9.17) is 11.6 Å². The Morgan fingerprint density at radius 1 is 1.30 bits per heavy atom. The molecule has 0 unspecified atom stereocenters. The lowest BCUT2D eigenvalue weighted by Crippen LogP contribution is -2.34. The minimum atomic E-state index is -0.0750. The molecule has 1 aliphatic rings. The Morgan fingerprint density at radius 3 is 2.90 bits per heavy atom. The van der Waals surface area contributed by atoms with Gasteiger partial charge in [-0.15, -0.1) is 11.3 Å². The Bertz CT molecular complexity index is 600. The monoisotopic (exact) mass is 306 g/mol. The molecule has 1 aromatic carbocycles. The average molecular weight is 307 g/mol. The Hall–Kier alpha value is -1.52. The van der Waals surface area contributed by atoms with Gasteiger partial charge in [0.2, 0.25) is 0 Å².